The minimum absolute atomic E-state index is 0.0194. The molecule has 1 atom stereocenters. The Bertz CT molecular complexity index is 1310. The molecule has 0 bridgehead atoms. The SMILES string of the molecule is COc1ccc(F)cc1/C(O)=C1\C(=O)C(=O)N(Cc2cccnc2)C1c1cccc(OCC(C)C)c1. The number of rotatable bonds is 8. The van der Waals surface area contributed by atoms with Crippen LogP contribution in [-0.2, 0) is 16.1 Å². The molecule has 1 aliphatic heterocycles. The van der Waals surface area contributed by atoms with E-state index in [9.17, 15) is 19.1 Å². The number of ether oxygens (including phenoxy) is 2. The number of methoxy groups -OCH3 is 1. The summed E-state index contributed by atoms with van der Waals surface area (Å²) < 4.78 is 25.3. The van der Waals surface area contributed by atoms with Crippen LogP contribution in [0.25, 0.3) is 5.76 Å². The number of ketones is 1. The lowest BCUT2D eigenvalue weighted by Crippen LogP contribution is -2.29. The quantitative estimate of drug-likeness (QED) is 0.275. The Kier molecular flexibility index (Phi) is 7.33. The van der Waals surface area contributed by atoms with Crippen molar-refractivity contribution in [2.75, 3.05) is 13.7 Å². The number of aliphatic hydroxyl groups excluding tert-OH is 1. The van der Waals surface area contributed by atoms with Crippen molar-refractivity contribution in [2.45, 2.75) is 26.4 Å². The highest BCUT2D eigenvalue weighted by atomic mass is 19.1. The molecule has 1 saturated heterocycles. The van der Waals surface area contributed by atoms with Gasteiger partial charge in [0.15, 0.2) is 0 Å². The van der Waals surface area contributed by atoms with E-state index in [1.165, 1.54) is 24.1 Å². The second kappa shape index (κ2) is 10.6. The van der Waals surface area contributed by atoms with E-state index in [1.807, 2.05) is 13.8 Å². The zero-order valence-electron chi connectivity index (χ0n) is 20.3. The van der Waals surface area contributed by atoms with Crippen molar-refractivity contribution in [2.24, 2.45) is 5.92 Å². The molecule has 3 aromatic rings. The number of carbonyl (C=O) groups excluding carboxylic acids is 2. The molecule has 8 heteroatoms. The van der Waals surface area contributed by atoms with E-state index in [1.54, 1.807) is 48.8 Å². The molecule has 0 saturated carbocycles. The zero-order chi connectivity index (χ0) is 25.8. The molecule has 1 amide bonds. The number of benzene rings is 2. The molecule has 0 aliphatic carbocycles. The van der Waals surface area contributed by atoms with Crippen LogP contribution in [0.5, 0.6) is 11.5 Å². The van der Waals surface area contributed by atoms with Crippen LogP contribution < -0.4 is 9.47 Å². The largest absolute Gasteiger partial charge is 0.507 e. The summed E-state index contributed by atoms with van der Waals surface area (Å²) in [5, 5.41) is 11.3. The van der Waals surface area contributed by atoms with Gasteiger partial charge in [-0.2, -0.15) is 0 Å². The Labute approximate surface area is 208 Å². The normalized spacial score (nSPS) is 17.0. The first-order valence-corrected chi connectivity index (χ1v) is 11.5. The van der Waals surface area contributed by atoms with Gasteiger partial charge in [-0.3, -0.25) is 14.6 Å². The van der Waals surface area contributed by atoms with Crippen LogP contribution in [0, 0.1) is 11.7 Å². The van der Waals surface area contributed by atoms with Gasteiger partial charge in [0.2, 0.25) is 0 Å². The van der Waals surface area contributed by atoms with Crippen LogP contribution in [-0.4, -0.2) is 40.4 Å². The van der Waals surface area contributed by atoms with Gasteiger partial charge in [0.1, 0.15) is 23.1 Å². The summed E-state index contributed by atoms with van der Waals surface area (Å²) >= 11 is 0. The Hall–Kier alpha value is -4.20. The number of Topliss-reactive ketones (excluding diaryl/α,β-unsaturated/α-hetero) is 1. The summed E-state index contributed by atoms with van der Waals surface area (Å²) in [6.07, 6.45) is 3.22. The summed E-state index contributed by atoms with van der Waals surface area (Å²) in [6, 6.07) is 13.2. The van der Waals surface area contributed by atoms with Gasteiger partial charge in [-0.05, 0) is 53.4 Å². The Morgan fingerprint density at radius 3 is 2.64 bits per heavy atom. The standard InChI is InChI=1S/C28H27FN2O5/c1-17(2)16-36-21-8-4-7-19(12-21)25-24(26(32)22-13-20(29)9-10-23(22)35-3)27(33)28(34)31(25)15-18-6-5-11-30-14-18/h4-14,17,25,32H,15-16H2,1-3H3/b26-24+. The van der Waals surface area contributed by atoms with Gasteiger partial charge >= 0.3 is 0 Å². The molecule has 7 nitrogen and oxygen atoms in total. The topological polar surface area (TPSA) is 89.0 Å². The first-order valence-electron chi connectivity index (χ1n) is 11.5. The number of aromatic nitrogens is 1. The van der Waals surface area contributed by atoms with Gasteiger partial charge in [0, 0.05) is 18.9 Å². The van der Waals surface area contributed by atoms with Crippen molar-refractivity contribution in [3.8, 4) is 11.5 Å². The molecule has 1 aliphatic rings. The Balaban J connectivity index is 1.87. The van der Waals surface area contributed by atoms with Crippen LogP contribution >= 0.6 is 0 Å². The van der Waals surface area contributed by atoms with Crippen molar-refractivity contribution in [3.05, 3.63) is 95.1 Å². The molecule has 2 aromatic carbocycles. The minimum atomic E-state index is -0.944. The minimum Gasteiger partial charge on any atom is -0.507 e. The molecule has 0 spiro atoms. The number of likely N-dealkylation sites (tertiary alicyclic amines) is 1. The average Bonchev–Trinajstić information content (AvgIpc) is 3.12. The highest BCUT2D eigenvalue weighted by Crippen LogP contribution is 2.42. The summed E-state index contributed by atoms with van der Waals surface area (Å²) in [4.78, 5) is 32.0. The fraction of sp³-hybridized carbons (Fsp3) is 0.250. The Morgan fingerprint density at radius 2 is 1.94 bits per heavy atom. The van der Waals surface area contributed by atoms with Crippen molar-refractivity contribution < 1.29 is 28.6 Å². The van der Waals surface area contributed by atoms with Crippen molar-refractivity contribution in [1.29, 1.82) is 0 Å². The number of carbonyl (C=O) groups is 2. The number of halogens is 1. The number of hydrogen-bond acceptors (Lipinski definition) is 6. The van der Waals surface area contributed by atoms with E-state index in [0.29, 0.717) is 29.4 Å². The van der Waals surface area contributed by atoms with E-state index in [0.717, 1.165) is 6.07 Å². The second-order valence-electron chi connectivity index (χ2n) is 8.91. The molecule has 1 aromatic heterocycles. The summed E-state index contributed by atoms with van der Waals surface area (Å²) in [5.74, 6) is -1.77. The third-order valence-electron chi connectivity index (χ3n) is 5.79. The van der Waals surface area contributed by atoms with Crippen LogP contribution in [0.2, 0.25) is 0 Å². The summed E-state index contributed by atoms with van der Waals surface area (Å²) in [6.45, 7) is 4.62. The predicted octanol–water partition coefficient (Wildman–Crippen LogP) is 4.89. The number of hydrogen-bond donors (Lipinski definition) is 1. The third kappa shape index (κ3) is 5.07. The number of amides is 1. The van der Waals surface area contributed by atoms with Crippen molar-refractivity contribution >= 4 is 17.4 Å². The zero-order valence-corrected chi connectivity index (χ0v) is 20.3. The molecule has 2 heterocycles. The third-order valence-corrected chi connectivity index (χ3v) is 5.79. The second-order valence-corrected chi connectivity index (χ2v) is 8.91. The molecule has 0 radical (unpaired) electrons. The van der Waals surface area contributed by atoms with Crippen molar-refractivity contribution in [1.82, 2.24) is 9.88 Å². The number of pyridine rings is 1. The van der Waals surface area contributed by atoms with E-state index in [2.05, 4.69) is 4.98 Å². The van der Waals surface area contributed by atoms with Crippen LogP contribution in [0.4, 0.5) is 4.39 Å². The molecule has 186 valence electrons. The fourth-order valence-corrected chi connectivity index (χ4v) is 4.13. The van der Waals surface area contributed by atoms with Gasteiger partial charge in [-0.25, -0.2) is 4.39 Å². The monoisotopic (exact) mass is 490 g/mol. The maximum Gasteiger partial charge on any atom is 0.295 e. The molecule has 4 rings (SSSR count). The van der Waals surface area contributed by atoms with Gasteiger partial charge in [0.25, 0.3) is 11.7 Å². The maximum atomic E-state index is 14.1. The van der Waals surface area contributed by atoms with Crippen LogP contribution in [0.15, 0.2) is 72.6 Å². The summed E-state index contributed by atoms with van der Waals surface area (Å²) in [5.41, 5.74) is 1.10. The number of nitrogens with zero attached hydrogens (tertiary/aromatic N) is 2. The lowest BCUT2D eigenvalue weighted by atomic mass is 9.94. The van der Waals surface area contributed by atoms with Crippen LogP contribution in [0.3, 0.4) is 0 Å². The van der Waals surface area contributed by atoms with E-state index < -0.39 is 29.3 Å². The first kappa shape index (κ1) is 24.9. The lowest BCUT2D eigenvalue weighted by molar-refractivity contribution is -0.140. The van der Waals surface area contributed by atoms with Crippen molar-refractivity contribution in [3.63, 3.8) is 0 Å². The highest BCUT2D eigenvalue weighted by Gasteiger charge is 2.46. The fourth-order valence-electron chi connectivity index (χ4n) is 4.13. The van der Waals surface area contributed by atoms with E-state index >= 15 is 0 Å². The lowest BCUT2D eigenvalue weighted by Gasteiger charge is -2.26. The molecule has 1 unspecified atom stereocenters. The molecule has 36 heavy (non-hydrogen) atoms. The van der Waals surface area contributed by atoms with E-state index in [-0.39, 0.29) is 23.4 Å². The van der Waals surface area contributed by atoms with Gasteiger partial charge in [-0.15, -0.1) is 0 Å². The smallest absolute Gasteiger partial charge is 0.295 e. The van der Waals surface area contributed by atoms with E-state index in [4.69, 9.17) is 9.47 Å². The van der Waals surface area contributed by atoms with Crippen LogP contribution in [0.1, 0.15) is 36.6 Å². The number of aliphatic hydroxyl groups is 1. The van der Waals surface area contributed by atoms with Gasteiger partial charge < -0.3 is 19.5 Å². The Morgan fingerprint density at radius 1 is 1.14 bits per heavy atom. The first-order chi connectivity index (χ1) is 17.3. The highest BCUT2D eigenvalue weighted by molar-refractivity contribution is 6.46. The molecule has 1 N–H and O–H groups in total. The van der Waals surface area contributed by atoms with Gasteiger partial charge in [-0.1, -0.05) is 32.0 Å². The maximum absolute atomic E-state index is 14.1. The predicted molar refractivity (Wildman–Crippen MR) is 132 cm³/mol. The molecule has 1 fully saturated rings. The average molecular weight is 491 g/mol. The van der Waals surface area contributed by atoms with Gasteiger partial charge in [0.05, 0.1) is 30.9 Å². The molecular formula is C28H27FN2O5. The summed E-state index contributed by atoms with van der Waals surface area (Å²) in [7, 11) is 1.37. The molecular weight excluding hydrogens is 463 g/mol.